The van der Waals surface area contributed by atoms with E-state index < -0.39 is 0 Å². The van der Waals surface area contributed by atoms with Gasteiger partial charge in [0.1, 0.15) is 6.42 Å². The zero-order chi connectivity index (χ0) is 15.4. The maximum atomic E-state index is 11.4. The minimum absolute atomic E-state index is 0.0377. The number of esters is 1. The fourth-order valence-corrected chi connectivity index (χ4v) is 1.35. The van der Waals surface area contributed by atoms with Gasteiger partial charge in [0.2, 0.25) is 0 Å². The number of aromatic nitrogens is 1. The van der Waals surface area contributed by atoms with E-state index in [2.05, 4.69) is 9.98 Å². The molecule has 0 aliphatic carbocycles. The molecule has 1 aromatic rings. The second-order valence-electron chi connectivity index (χ2n) is 3.53. The van der Waals surface area contributed by atoms with E-state index in [1.165, 1.54) is 0 Å². The van der Waals surface area contributed by atoms with Gasteiger partial charge in [-0.3, -0.25) is 9.78 Å². The van der Waals surface area contributed by atoms with Crippen molar-refractivity contribution in [3.8, 4) is 0 Å². The van der Waals surface area contributed by atoms with Crippen molar-refractivity contribution in [2.75, 3.05) is 13.2 Å². The van der Waals surface area contributed by atoms with Crippen LogP contribution in [0.15, 0.2) is 23.3 Å². The molecule has 1 rings (SSSR count). The SMILES string of the molecule is CC.CCOC(=O)CC(=Nc1cccnc1C)OCC. The standard InChI is InChI=1S/C13H18N2O3.C2H6/c1-4-17-12(9-13(16)18-5-2)15-11-7-6-8-14-10(11)3;1-2/h6-8H,4-5,9H2,1-3H3;1-2H3. The number of aryl methyl sites for hydroxylation is 1. The number of nitrogens with zero attached hydrogens (tertiary/aromatic N) is 2. The fraction of sp³-hybridized carbons (Fsp3) is 0.533. The summed E-state index contributed by atoms with van der Waals surface area (Å²) in [6.45, 7) is 10.3. The summed E-state index contributed by atoms with van der Waals surface area (Å²) in [6, 6.07) is 3.62. The second kappa shape index (κ2) is 11.0. The van der Waals surface area contributed by atoms with E-state index in [9.17, 15) is 4.79 Å². The van der Waals surface area contributed by atoms with Crippen LogP contribution in [-0.2, 0) is 14.3 Å². The molecule has 112 valence electrons. The zero-order valence-electron chi connectivity index (χ0n) is 13.0. The number of aliphatic imine (C=N–C) groups is 1. The Balaban J connectivity index is 0.00000172. The van der Waals surface area contributed by atoms with Crippen molar-refractivity contribution in [1.82, 2.24) is 4.98 Å². The van der Waals surface area contributed by atoms with Crippen LogP contribution in [0.2, 0.25) is 0 Å². The fourth-order valence-electron chi connectivity index (χ4n) is 1.35. The third kappa shape index (κ3) is 6.87. The van der Waals surface area contributed by atoms with Gasteiger partial charge in [-0.05, 0) is 32.9 Å². The third-order valence-electron chi connectivity index (χ3n) is 2.14. The molecule has 0 N–H and O–H groups in total. The van der Waals surface area contributed by atoms with Gasteiger partial charge >= 0.3 is 5.97 Å². The van der Waals surface area contributed by atoms with Gasteiger partial charge in [-0.2, -0.15) is 0 Å². The largest absolute Gasteiger partial charge is 0.481 e. The second-order valence-corrected chi connectivity index (χ2v) is 3.53. The van der Waals surface area contributed by atoms with Gasteiger partial charge in [-0.1, -0.05) is 13.8 Å². The summed E-state index contributed by atoms with van der Waals surface area (Å²) >= 11 is 0. The molecule has 5 nitrogen and oxygen atoms in total. The minimum Gasteiger partial charge on any atom is -0.481 e. The van der Waals surface area contributed by atoms with E-state index in [0.717, 1.165) is 5.69 Å². The zero-order valence-corrected chi connectivity index (χ0v) is 13.0. The van der Waals surface area contributed by atoms with Crippen LogP contribution >= 0.6 is 0 Å². The van der Waals surface area contributed by atoms with Crippen LogP contribution in [0.1, 0.15) is 39.8 Å². The summed E-state index contributed by atoms with van der Waals surface area (Å²) < 4.78 is 10.2. The highest BCUT2D eigenvalue weighted by molar-refractivity contribution is 5.95. The quantitative estimate of drug-likeness (QED) is 0.471. The summed E-state index contributed by atoms with van der Waals surface area (Å²) in [5.74, 6) is 0.0123. The number of hydrogen-bond acceptors (Lipinski definition) is 5. The molecule has 5 heteroatoms. The first-order chi connectivity index (χ1) is 9.67. The van der Waals surface area contributed by atoms with Gasteiger partial charge in [-0.25, -0.2) is 4.99 Å². The molecule has 0 bridgehead atoms. The van der Waals surface area contributed by atoms with Gasteiger partial charge in [0.15, 0.2) is 5.90 Å². The lowest BCUT2D eigenvalue weighted by atomic mass is 10.3. The van der Waals surface area contributed by atoms with E-state index in [1.54, 1.807) is 19.2 Å². The van der Waals surface area contributed by atoms with Crippen molar-refractivity contribution in [3.05, 3.63) is 24.0 Å². The van der Waals surface area contributed by atoms with Crippen LogP contribution in [0.3, 0.4) is 0 Å². The molecule has 0 spiro atoms. The van der Waals surface area contributed by atoms with Gasteiger partial charge in [0, 0.05) is 6.20 Å². The summed E-state index contributed by atoms with van der Waals surface area (Å²) in [6.07, 6.45) is 1.73. The van der Waals surface area contributed by atoms with Crippen molar-refractivity contribution in [2.45, 2.75) is 41.0 Å². The molecule has 0 unspecified atom stereocenters. The molecule has 1 aromatic heterocycles. The number of carbonyl (C=O) groups is 1. The Morgan fingerprint density at radius 3 is 2.45 bits per heavy atom. The summed E-state index contributed by atoms with van der Waals surface area (Å²) in [5.41, 5.74) is 1.49. The van der Waals surface area contributed by atoms with Crippen LogP contribution in [0.5, 0.6) is 0 Å². The Hall–Kier alpha value is -1.91. The van der Waals surface area contributed by atoms with E-state index in [0.29, 0.717) is 24.8 Å². The summed E-state index contributed by atoms with van der Waals surface area (Å²) in [4.78, 5) is 19.8. The average Bonchev–Trinajstić information content (AvgIpc) is 2.44. The molecule has 0 radical (unpaired) electrons. The monoisotopic (exact) mass is 280 g/mol. The first kappa shape index (κ1) is 18.1. The average molecular weight is 280 g/mol. The predicted octanol–water partition coefficient (Wildman–Crippen LogP) is 3.44. The minimum atomic E-state index is -0.341. The highest BCUT2D eigenvalue weighted by atomic mass is 16.5. The van der Waals surface area contributed by atoms with E-state index in [1.807, 2.05) is 33.8 Å². The van der Waals surface area contributed by atoms with E-state index in [-0.39, 0.29) is 12.4 Å². The Kier molecular flexibility index (Phi) is 9.92. The third-order valence-corrected chi connectivity index (χ3v) is 2.14. The highest BCUT2D eigenvalue weighted by Gasteiger charge is 2.10. The number of ether oxygens (including phenoxy) is 2. The van der Waals surface area contributed by atoms with Crippen molar-refractivity contribution < 1.29 is 14.3 Å². The number of pyridine rings is 1. The number of rotatable bonds is 5. The molecule has 0 aromatic carbocycles. The Bertz CT molecular complexity index is 431. The van der Waals surface area contributed by atoms with Crippen LogP contribution in [-0.4, -0.2) is 30.1 Å². The molecule has 20 heavy (non-hydrogen) atoms. The lowest BCUT2D eigenvalue weighted by molar-refractivity contribution is -0.141. The van der Waals surface area contributed by atoms with Gasteiger partial charge < -0.3 is 9.47 Å². The first-order valence-corrected chi connectivity index (χ1v) is 6.95. The van der Waals surface area contributed by atoms with Gasteiger partial charge in [-0.15, -0.1) is 0 Å². The maximum absolute atomic E-state index is 11.4. The molecule has 0 amide bonds. The highest BCUT2D eigenvalue weighted by Crippen LogP contribution is 2.16. The van der Waals surface area contributed by atoms with Crippen LogP contribution in [0.25, 0.3) is 0 Å². The van der Waals surface area contributed by atoms with Crippen molar-refractivity contribution in [2.24, 2.45) is 4.99 Å². The normalized spacial score (nSPS) is 10.3. The molecule has 0 atom stereocenters. The molecule has 0 fully saturated rings. The van der Waals surface area contributed by atoms with Gasteiger partial charge in [0.05, 0.1) is 24.6 Å². The van der Waals surface area contributed by atoms with Crippen molar-refractivity contribution >= 4 is 17.6 Å². The topological polar surface area (TPSA) is 60.8 Å². The number of carbonyl (C=O) groups excluding carboxylic acids is 1. The lowest BCUT2D eigenvalue weighted by Crippen LogP contribution is -2.14. The predicted molar refractivity (Wildman–Crippen MR) is 80.3 cm³/mol. The van der Waals surface area contributed by atoms with E-state index in [4.69, 9.17) is 9.47 Å². The smallest absolute Gasteiger partial charge is 0.315 e. The lowest BCUT2D eigenvalue weighted by Gasteiger charge is -2.07. The maximum Gasteiger partial charge on any atom is 0.315 e. The molecular weight excluding hydrogens is 256 g/mol. The molecular formula is C15H24N2O3. The molecule has 0 saturated carbocycles. The molecule has 0 aliphatic rings. The first-order valence-electron chi connectivity index (χ1n) is 6.95. The molecule has 1 heterocycles. The number of hydrogen-bond donors (Lipinski definition) is 0. The summed E-state index contributed by atoms with van der Waals surface area (Å²) in [7, 11) is 0. The van der Waals surface area contributed by atoms with Crippen molar-refractivity contribution in [3.63, 3.8) is 0 Å². The van der Waals surface area contributed by atoms with Crippen LogP contribution in [0.4, 0.5) is 5.69 Å². The summed E-state index contributed by atoms with van der Waals surface area (Å²) in [5, 5.41) is 0. The Morgan fingerprint density at radius 2 is 1.90 bits per heavy atom. The van der Waals surface area contributed by atoms with Crippen LogP contribution in [0, 0.1) is 6.92 Å². The van der Waals surface area contributed by atoms with Crippen molar-refractivity contribution in [1.29, 1.82) is 0 Å². The molecule has 0 saturated heterocycles. The Morgan fingerprint density at radius 1 is 1.25 bits per heavy atom. The van der Waals surface area contributed by atoms with E-state index >= 15 is 0 Å². The van der Waals surface area contributed by atoms with Gasteiger partial charge in [0.25, 0.3) is 0 Å². The Labute approximate surface area is 121 Å². The van der Waals surface area contributed by atoms with Crippen LogP contribution < -0.4 is 0 Å². The molecule has 0 aliphatic heterocycles.